The maximum Gasteiger partial charge on any atom is 0.184 e. The standard InChI is InChI=1S/C10H18O6/c1-10(2)15-6-4-13-9(11)8(7(6)16-10)14-5-12-3/h6-9,11H,4-5H2,1-3H3/t6-,7-,8+,9?/m0/s1. The van der Waals surface area contributed by atoms with E-state index in [-0.39, 0.29) is 19.0 Å². The van der Waals surface area contributed by atoms with Crippen LogP contribution in [-0.2, 0) is 23.7 Å². The highest BCUT2D eigenvalue weighted by Crippen LogP contribution is 2.34. The maximum absolute atomic E-state index is 9.67. The fourth-order valence-corrected chi connectivity index (χ4v) is 2.04. The maximum atomic E-state index is 9.67. The molecule has 1 N–H and O–H groups in total. The normalized spacial score (nSPS) is 42.0. The molecule has 2 fully saturated rings. The summed E-state index contributed by atoms with van der Waals surface area (Å²) in [6.45, 7) is 4.04. The molecule has 6 heteroatoms. The first-order valence-electron chi connectivity index (χ1n) is 5.29. The lowest BCUT2D eigenvalue weighted by Gasteiger charge is -2.34. The quantitative estimate of drug-likeness (QED) is 0.685. The van der Waals surface area contributed by atoms with Gasteiger partial charge in [-0.15, -0.1) is 0 Å². The fraction of sp³-hybridized carbons (Fsp3) is 1.00. The topological polar surface area (TPSA) is 66.4 Å². The third-order valence-corrected chi connectivity index (χ3v) is 2.64. The number of hydrogen-bond donors (Lipinski definition) is 1. The molecular weight excluding hydrogens is 216 g/mol. The van der Waals surface area contributed by atoms with Crippen molar-refractivity contribution in [2.24, 2.45) is 0 Å². The van der Waals surface area contributed by atoms with Crippen molar-refractivity contribution >= 4 is 0 Å². The molecule has 0 aromatic heterocycles. The van der Waals surface area contributed by atoms with Gasteiger partial charge in [0.15, 0.2) is 12.1 Å². The van der Waals surface area contributed by atoms with Crippen molar-refractivity contribution in [3.05, 3.63) is 0 Å². The summed E-state index contributed by atoms with van der Waals surface area (Å²) >= 11 is 0. The van der Waals surface area contributed by atoms with Gasteiger partial charge in [-0.3, -0.25) is 0 Å². The Hall–Kier alpha value is -0.240. The van der Waals surface area contributed by atoms with Crippen LogP contribution in [0.3, 0.4) is 0 Å². The summed E-state index contributed by atoms with van der Waals surface area (Å²) in [4.78, 5) is 0. The largest absolute Gasteiger partial charge is 0.366 e. The minimum Gasteiger partial charge on any atom is -0.366 e. The molecular formula is C10H18O6. The van der Waals surface area contributed by atoms with Gasteiger partial charge in [-0.2, -0.15) is 0 Å². The van der Waals surface area contributed by atoms with Gasteiger partial charge in [-0.1, -0.05) is 0 Å². The Labute approximate surface area is 94.4 Å². The van der Waals surface area contributed by atoms with Crippen molar-refractivity contribution in [1.29, 1.82) is 0 Å². The molecule has 2 rings (SSSR count). The number of aliphatic hydroxyl groups is 1. The number of hydrogen-bond acceptors (Lipinski definition) is 6. The van der Waals surface area contributed by atoms with E-state index in [9.17, 15) is 5.11 Å². The van der Waals surface area contributed by atoms with Gasteiger partial charge in [0.2, 0.25) is 0 Å². The summed E-state index contributed by atoms with van der Waals surface area (Å²) in [5.41, 5.74) is 0. The van der Waals surface area contributed by atoms with Crippen LogP contribution >= 0.6 is 0 Å². The van der Waals surface area contributed by atoms with Crippen LogP contribution in [0.1, 0.15) is 13.8 Å². The lowest BCUT2D eigenvalue weighted by molar-refractivity contribution is -0.261. The minimum atomic E-state index is -1.01. The molecule has 94 valence electrons. The van der Waals surface area contributed by atoms with E-state index < -0.39 is 18.2 Å². The average molecular weight is 234 g/mol. The highest BCUT2D eigenvalue weighted by Gasteiger charge is 2.51. The highest BCUT2D eigenvalue weighted by molar-refractivity contribution is 4.91. The molecule has 2 aliphatic rings. The second-order valence-electron chi connectivity index (χ2n) is 4.40. The zero-order valence-corrected chi connectivity index (χ0v) is 9.71. The van der Waals surface area contributed by atoms with Crippen LogP contribution < -0.4 is 0 Å². The molecule has 0 aromatic rings. The van der Waals surface area contributed by atoms with Crippen molar-refractivity contribution in [1.82, 2.24) is 0 Å². The van der Waals surface area contributed by atoms with Gasteiger partial charge in [-0.25, -0.2) is 0 Å². The van der Waals surface area contributed by atoms with Gasteiger partial charge in [0.1, 0.15) is 25.1 Å². The van der Waals surface area contributed by atoms with Crippen molar-refractivity contribution in [2.75, 3.05) is 20.5 Å². The molecule has 0 radical (unpaired) electrons. The monoisotopic (exact) mass is 234 g/mol. The van der Waals surface area contributed by atoms with Crippen molar-refractivity contribution < 1.29 is 28.8 Å². The highest BCUT2D eigenvalue weighted by atomic mass is 16.8. The van der Waals surface area contributed by atoms with Crippen LogP contribution in [0.5, 0.6) is 0 Å². The second kappa shape index (κ2) is 4.56. The Morgan fingerprint density at radius 1 is 1.38 bits per heavy atom. The van der Waals surface area contributed by atoms with E-state index in [0.29, 0.717) is 6.61 Å². The zero-order chi connectivity index (χ0) is 11.8. The molecule has 1 unspecified atom stereocenters. The lowest BCUT2D eigenvalue weighted by atomic mass is 10.1. The minimum absolute atomic E-state index is 0.0814. The number of methoxy groups -OCH3 is 1. The Morgan fingerprint density at radius 3 is 2.81 bits per heavy atom. The average Bonchev–Trinajstić information content (AvgIpc) is 2.51. The van der Waals surface area contributed by atoms with Crippen LogP contribution in [0, 0.1) is 0 Å². The van der Waals surface area contributed by atoms with Crippen LogP contribution in [0.25, 0.3) is 0 Å². The van der Waals surface area contributed by atoms with Crippen molar-refractivity contribution in [3.63, 3.8) is 0 Å². The summed E-state index contributed by atoms with van der Waals surface area (Å²) in [5, 5.41) is 9.67. The van der Waals surface area contributed by atoms with Gasteiger partial charge in [0.05, 0.1) is 6.61 Å². The van der Waals surface area contributed by atoms with Crippen LogP contribution in [0.4, 0.5) is 0 Å². The third kappa shape index (κ3) is 2.37. The number of rotatable bonds is 3. The van der Waals surface area contributed by atoms with Gasteiger partial charge in [0, 0.05) is 7.11 Å². The van der Waals surface area contributed by atoms with Crippen LogP contribution in [0.15, 0.2) is 0 Å². The first kappa shape index (κ1) is 12.2. The molecule has 4 atom stereocenters. The first-order chi connectivity index (χ1) is 7.53. The Kier molecular flexibility index (Phi) is 3.48. The van der Waals surface area contributed by atoms with Gasteiger partial charge in [-0.05, 0) is 13.8 Å². The third-order valence-electron chi connectivity index (χ3n) is 2.64. The van der Waals surface area contributed by atoms with E-state index in [4.69, 9.17) is 23.7 Å². The lowest BCUT2D eigenvalue weighted by Crippen LogP contribution is -2.52. The Morgan fingerprint density at radius 2 is 2.12 bits per heavy atom. The molecule has 0 spiro atoms. The smallest absolute Gasteiger partial charge is 0.184 e. The molecule has 0 aromatic carbocycles. The van der Waals surface area contributed by atoms with Gasteiger partial charge >= 0.3 is 0 Å². The van der Waals surface area contributed by atoms with Crippen molar-refractivity contribution in [2.45, 2.75) is 44.2 Å². The predicted octanol–water partition coefficient (Wildman–Crippen LogP) is -0.156. The Bertz CT molecular complexity index is 243. The van der Waals surface area contributed by atoms with Crippen LogP contribution in [-0.4, -0.2) is 56.0 Å². The van der Waals surface area contributed by atoms with E-state index >= 15 is 0 Å². The number of ether oxygens (including phenoxy) is 5. The summed E-state index contributed by atoms with van der Waals surface area (Å²) < 4.78 is 26.6. The fourth-order valence-electron chi connectivity index (χ4n) is 2.04. The second-order valence-corrected chi connectivity index (χ2v) is 4.40. The SMILES string of the molecule is COCO[C@H]1C(O)OC[C@@H]2OC(C)(C)O[C@@H]21. The van der Waals surface area contributed by atoms with E-state index in [0.717, 1.165) is 0 Å². The summed E-state index contributed by atoms with van der Waals surface area (Å²) in [7, 11) is 1.52. The van der Waals surface area contributed by atoms with Gasteiger partial charge < -0.3 is 28.8 Å². The van der Waals surface area contributed by atoms with E-state index in [1.807, 2.05) is 13.8 Å². The van der Waals surface area contributed by atoms with E-state index in [1.54, 1.807) is 0 Å². The molecule has 0 saturated carbocycles. The number of fused-ring (bicyclic) bond motifs is 1. The molecule has 0 amide bonds. The van der Waals surface area contributed by atoms with E-state index in [2.05, 4.69) is 0 Å². The zero-order valence-electron chi connectivity index (χ0n) is 9.71. The van der Waals surface area contributed by atoms with E-state index in [1.165, 1.54) is 7.11 Å². The first-order valence-corrected chi connectivity index (χ1v) is 5.29. The number of aliphatic hydroxyl groups excluding tert-OH is 1. The molecule has 16 heavy (non-hydrogen) atoms. The molecule has 0 aliphatic carbocycles. The molecule has 2 aliphatic heterocycles. The van der Waals surface area contributed by atoms with Crippen LogP contribution in [0.2, 0.25) is 0 Å². The molecule has 2 saturated heterocycles. The van der Waals surface area contributed by atoms with Gasteiger partial charge in [0.25, 0.3) is 0 Å². The summed E-state index contributed by atoms with van der Waals surface area (Å²) in [6.07, 6.45) is -2.12. The molecule has 6 nitrogen and oxygen atoms in total. The van der Waals surface area contributed by atoms with Crippen molar-refractivity contribution in [3.8, 4) is 0 Å². The Balaban J connectivity index is 2.03. The molecule has 2 heterocycles. The predicted molar refractivity (Wildman–Crippen MR) is 52.5 cm³/mol. The molecule has 0 bridgehead atoms. The summed E-state index contributed by atoms with van der Waals surface area (Å²) in [6, 6.07) is 0. The summed E-state index contributed by atoms with van der Waals surface area (Å²) in [5.74, 6) is -0.669.